The van der Waals surface area contributed by atoms with Crippen molar-refractivity contribution in [2.24, 2.45) is 5.41 Å². The molecule has 1 nitrogen and oxygen atoms in total. The maximum absolute atomic E-state index is 12.0. The van der Waals surface area contributed by atoms with Crippen LogP contribution in [-0.2, 0) is 4.79 Å². The fourth-order valence-corrected chi connectivity index (χ4v) is 2.63. The fourth-order valence-electron chi connectivity index (χ4n) is 2.63. The average molecular weight is 210 g/mol. The lowest BCUT2D eigenvalue weighted by atomic mass is 9.77. The molecule has 0 amide bonds. The third-order valence-electron chi connectivity index (χ3n) is 3.89. The van der Waals surface area contributed by atoms with Crippen LogP contribution in [0.4, 0.5) is 0 Å². The Morgan fingerprint density at radius 3 is 2.67 bits per heavy atom. The van der Waals surface area contributed by atoms with E-state index in [0.29, 0.717) is 5.78 Å². The molecule has 0 aliphatic heterocycles. The summed E-state index contributed by atoms with van der Waals surface area (Å²) in [4.78, 5) is 12.0. The summed E-state index contributed by atoms with van der Waals surface area (Å²) in [5.41, 5.74) is 0.0320. The maximum atomic E-state index is 12.0. The lowest BCUT2D eigenvalue weighted by molar-refractivity contribution is -0.128. The summed E-state index contributed by atoms with van der Waals surface area (Å²) < 4.78 is 0. The van der Waals surface area contributed by atoms with E-state index in [1.165, 1.54) is 38.5 Å². The second-order valence-corrected chi connectivity index (χ2v) is 5.36. The van der Waals surface area contributed by atoms with Gasteiger partial charge in [0, 0.05) is 11.8 Å². The standard InChI is InChI=1S/C14H26O/c1-3-4-5-8-11-14(2)12-9-6-7-10-13(14)15/h3-12H2,1-2H3/t14-/m1/s1. The maximum Gasteiger partial charge on any atom is 0.138 e. The van der Waals surface area contributed by atoms with Gasteiger partial charge in [-0.15, -0.1) is 0 Å². The molecule has 1 saturated carbocycles. The van der Waals surface area contributed by atoms with Crippen LogP contribution in [0.5, 0.6) is 0 Å². The molecule has 15 heavy (non-hydrogen) atoms. The topological polar surface area (TPSA) is 17.1 Å². The van der Waals surface area contributed by atoms with Crippen molar-refractivity contribution in [3.63, 3.8) is 0 Å². The van der Waals surface area contributed by atoms with E-state index in [9.17, 15) is 4.79 Å². The highest BCUT2D eigenvalue weighted by Gasteiger charge is 2.32. The van der Waals surface area contributed by atoms with E-state index in [-0.39, 0.29) is 5.41 Å². The van der Waals surface area contributed by atoms with Crippen LogP contribution in [0.3, 0.4) is 0 Å². The van der Waals surface area contributed by atoms with Crippen LogP contribution < -0.4 is 0 Å². The van der Waals surface area contributed by atoms with Gasteiger partial charge >= 0.3 is 0 Å². The van der Waals surface area contributed by atoms with E-state index in [1.807, 2.05) is 0 Å². The van der Waals surface area contributed by atoms with Crippen LogP contribution in [0, 0.1) is 5.41 Å². The van der Waals surface area contributed by atoms with Crippen molar-refractivity contribution in [1.82, 2.24) is 0 Å². The summed E-state index contributed by atoms with van der Waals surface area (Å²) in [5.74, 6) is 0.538. The predicted molar refractivity (Wildman–Crippen MR) is 65.0 cm³/mol. The van der Waals surface area contributed by atoms with Gasteiger partial charge < -0.3 is 0 Å². The zero-order valence-electron chi connectivity index (χ0n) is 10.5. The van der Waals surface area contributed by atoms with Crippen LogP contribution in [-0.4, -0.2) is 5.78 Å². The van der Waals surface area contributed by atoms with Gasteiger partial charge in [-0.3, -0.25) is 4.79 Å². The highest BCUT2D eigenvalue weighted by molar-refractivity contribution is 5.84. The van der Waals surface area contributed by atoms with Crippen LogP contribution in [0.2, 0.25) is 0 Å². The molecule has 0 aromatic rings. The van der Waals surface area contributed by atoms with Gasteiger partial charge in [0.2, 0.25) is 0 Å². The molecule has 1 aliphatic rings. The van der Waals surface area contributed by atoms with Crippen molar-refractivity contribution in [2.75, 3.05) is 0 Å². The Bertz CT molecular complexity index is 198. The Balaban J connectivity index is 2.36. The first-order valence-electron chi connectivity index (χ1n) is 6.72. The third kappa shape index (κ3) is 3.96. The lowest BCUT2D eigenvalue weighted by Gasteiger charge is -2.26. The molecule has 0 heterocycles. The molecule has 0 unspecified atom stereocenters. The second-order valence-electron chi connectivity index (χ2n) is 5.36. The molecule has 0 bridgehead atoms. The molecule has 1 atom stereocenters. The van der Waals surface area contributed by atoms with Crippen LogP contribution in [0.1, 0.15) is 78.1 Å². The van der Waals surface area contributed by atoms with Crippen molar-refractivity contribution in [2.45, 2.75) is 78.1 Å². The number of carbonyl (C=O) groups excluding carboxylic acids is 1. The van der Waals surface area contributed by atoms with Crippen LogP contribution in [0.25, 0.3) is 0 Å². The minimum absolute atomic E-state index is 0.0320. The van der Waals surface area contributed by atoms with Gasteiger partial charge in [-0.25, -0.2) is 0 Å². The number of hydrogen-bond donors (Lipinski definition) is 0. The van der Waals surface area contributed by atoms with E-state index < -0.39 is 0 Å². The molecule has 0 spiro atoms. The van der Waals surface area contributed by atoms with E-state index in [2.05, 4.69) is 13.8 Å². The molecule has 1 aliphatic carbocycles. The molecule has 88 valence electrons. The van der Waals surface area contributed by atoms with Gasteiger partial charge in [-0.1, -0.05) is 52.4 Å². The molecule has 1 fully saturated rings. The molecule has 1 rings (SSSR count). The first-order valence-corrected chi connectivity index (χ1v) is 6.72. The SMILES string of the molecule is CCCCCC[C@]1(C)CCCCCC1=O. The summed E-state index contributed by atoms with van der Waals surface area (Å²) in [6, 6.07) is 0. The monoisotopic (exact) mass is 210 g/mol. The number of rotatable bonds is 5. The van der Waals surface area contributed by atoms with Crippen molar-refractivity contribution in [3.8, 4) is 0 Å². The minimum atomic E-state index is 0.0320. The third-order valence-corrected chi connectivity index (χ3v) is 3.89. The Hall–Kier alpha value is -0.330. The number of carbonyl (C=O) groups is 1. The molecule has 0 aromatic carbocycles. The van der Waals surface area contributed by atoms with E-state index >= 15 is 0 Å². The highest BCUT2D eigenvalue weighted by atomic mass is 16.1. The number of Topliss-reactive ketones (excluding diaryl/α,β-unsaturated/α-hetero) is 1. The summed E-state index contributed by atoms with van der Waals surface area (Å²) in [5, 5.41) is 0. The van der Waals surface area contributed by atoms with Gasteiger partial charge in [0.05, 0.1) is 0 Å². The Morgan fingerprint density at radius 1 is 1.13 bits per heavy atom. The number of hydrogen-bond acceptors (Lipinski definition) is 1. The van der Waals surface area contributed by atoms with Gasteiger partial charge in [0.15, 0.2) is 0 Å². The largest absolute Gasteiger partial charge is 0.299 e. The zero-order chi connectivity index (χ0) is 11.1. The van der Waals surface area contributed by atoms with E-state index in [0.717, 1.165) is 25.7 Å². The first-order chi connectivity index (χ1) is 7.19. The molecular formula is C14H26O. The molecule has 0 radical (unpaired) electrons. The van der Waals surface area contributed by atoms with Gasteiger partial charge in [0.25, 0.3) is 0 Å². The Labute approximate surface area is 94.6 Å². The number of unbranched alkanes of at least 4 members (excludes halogenated alkanes) is 3. The number of ketones is 1. The van der Waals surface area contributed by atoms with Gasteiger partial charge in [0.1, 0.15) is 5.78 Å². The smallest absolute Gasteiger partial charge is 0.138 e. The van der Waals surface area contributed by atoms with Crippen LogP contribution >= 0.6 is 0 Å². The van der Waals surface area contributed by atoms with Crippen molar-refractivity contribution < 1.29 is 4.79 Å². The van der Waals surface area contributed by atoms with Gasteiger partial charge in [-0.2, -0.15) is 0 Å². The zero-order valence-corrected chi connectivity index (χ0v) is 10.5. The first kappa shape index (κ1) is 12.7. The second kappa shape index (κ2) is 6.30. The normalized spacial score (nSPS) is 27.7. The summed E-state index contributed by atoms with van der Waals surface area (Å²) in [7, 11) is 0. The van der Waals surface area contributed by atoms with Crippen molar-refractivity contribution >= 4 is 5.78 Å². The molecular weight excluding hydrogens is 184 g/mol. The Morgan fingerprint density at radius 2 is 1.93 bits per heavy atom. The average Bonchev–Trinajstić information content (AvgIpc) is 2.38. The highest BCUT2D eigenvalue weighted by Crippen LogP contribution is 2.36. The van der Waals surface area contributed by atoms with Gasteiger partial charge in [-0.05, 0) is 19.3 Å². The van der Waals surface area contributed by atoms with Crippen LogP contribution in [0.15, 0.2) is 0 Å². The molecule has 0 aromatic heterocycles. The Kier molecular flexibility index (Phi) is 5.35. The predicted octanol–water partition coefficient (Wildman–Crippen LogP) is 4.50. The molecule has 1 heteroatoms. The lowest BCUT2D eigenvalue weighted by Crippen LogP contribution is -2.26. The van der Waals surface area contributed by atoms with E-state index in [1.54, 1.807) is 0 Å². The molecule has 0 N–H and O–H groups in total. The van der Waals surface area contributed by atoms with Crippen molar-refractivity contribution in [1.29, 1.82) is 0 Å². The van der Waals surface area contributed by atoms with E-state index in [4.69, 9.17) is 0 Å². The van der Waals surface area contributed by atoms with Crippen molar-refractivity contribution in [3.05, 3.63) is 0 Å². The fraction of sp³-hybridized carbons (Fsp3) is 0.929. The minimum Gasteiger partial charge on any atom is -0.299 e. The quantitative estimate of drug-likeness (QED) is 0.482. The summed E-state index contributed by atoms with van der Waals surface area (Å²) in [6.45, 7) is 4.44. The summed E-state index contributed by atoms with van der Waals surface area (Å²) >= 11 is 0. The molecule has 0 saturated heterocycles. The summed E-state index contributed by atoms with van der Waals surface area (Å²) in [6.07, 6.45) is 11.9.